The minimum absolute atomic E-state index is 0.0251. The van der Waals surface area contributed by atoms with Crippen LogP contribution in [-0.2, 0) is 12.7 Å². The van der Waals surface area contributed by atoms with Gasteiger partial charge < -0.3 is 5.32 Å². The van der Waals surface area contributed by atoms with Gasteiger partial charge in [0.25, 0.3) is 0 Å². The van der Waals surface area contributed by atoms with E-state index in [1.54, 1.807) is 24.3 Å². The van der Waals surface area contributed by atoms with Crippen LogP contribution in [0.4, 0.5) is 18.9 Å². The molecule has 30 heavy (non-hydrogen) atoms. The number of hydrogen-bond acceptors (Lipinski definition) is 3. The highest BCUT2D eigenvalue weighted by molar-refractivity contribution is 6.42. The van der Waals surface area contributed by atoms with Crippen molar-refractivity contribution in [2.24, 2.45) is 0 Å². The van der Waals surface area contributed by atoms with E-state index in [2.05, 4.69) is 15.3 Å². The topological polar surface area (TPSA) is 37.8 Å². The van der Waals surface area contributed by atoms with Gasteiger partial charge in [0.2, 0.25) is 0 Å². The fourth-order valence-corrected chi connectivity index (χ4v) is 3.43. The SMILES string of the molecule is FC(F)(F)c1ccccc1-c1ncc2c(NCc3ccc(Cl)c(Cl)c3)cccc2n1. The summed E-state index contributed by atoms with van der Waals surface area (Å²) in [6.07, 6.45) is -2.96. The second-order valence-electron chi connectivity index (χ2n) is 6.58. The number of rotatable bonds is 4. The van der Waals surface area contributed by atoms with E-state index in [1.165, 1.54) is 24.4 Å². The molecule has 4 aromatic rings. The summed E-state index contributed by atoms with van der Waals surface area (Å²) >= 11 is 12.0. The molecule has 0 bridgehead atoms. The molecule has 1 aromatic heterocycles. The summed E-state index contributed by atoms with van der Waals surface area (Å²) in [5.74, 6) is 0.0251. The molecular weight excluding hydrogens is 434 g/mol. The van der Waals surface area contributed by atoms with Crippen LogP contribution in [0.1, 0.15) is 11.1 Å². The van der Waals surface area contributed by atoms with Crippen molar-refractivity contribution in [3.05, 3.63) is 88.0 Å². The van der Waals surface area contributed by atoms with Crippen LogP contribution in [0.2, 0.25) is 10.0 Å². The van der Waals surface area contributed by atoms with Crippen LogP contribution >= 0.6 is 23.2 Å². The zero-order valence-electron chi connectivity index (χ0n) is 15.3. The highest BCUT2D eigenvalue weighted by Gasteiger charge is 2.34. The van der Waals surface area contributed by atoms with Crippen LogP contribution in [-0.4, -0.2) is 9.97 Å². The Kier molecular flexibility index (Phi) is 5.54. The molecule has 0 unspecified atom stereocenters. The molecule has 0 fully saturated rings. The Balaban J connectivity index is 1.67. The van der Waals surface area contributed by atoms with Gasteiger partial charge in [-0.15, -0.1) is 0 Å². The number of fused-ring (bicyclic) bond motifs is 1. The van der Waals surface area contributed by atoms with Gasteiger partial charge in [-0.1, -0.05) is 53.5 Å². The molecule has 0 aliphatic carbocycles. The number of halogens is 5. The van der Waals surface area contributed by atoms with E-state index in [1.807, 2.05) is 12.1 Å². The third-order valence-corrected chi connectivity index (χ3v) is 5.30. The van der Waals surface area contributed by atoms with Gasteiger partial charge in [-0.25, -0.2) is 9.97 Å². The number of benzene rings is 3. The Morgan fingerprint density at radius 2 is 1.70 bits per heavy atom. The minimum Gasteiger partial charge on any atom is -0.380 e. The van der Waals surface area contributed by atoms with Crippen LogP contribution in [0, 0.1) is 0 Å². The normalized spacial score (nSPS) is 11.6. The van der Waals surface area contributed by atoms with Crippen molar-refractivity contribution in [2.75, 3.05) is 5.32 Å². The summed E-state index contributed by atoms with van der Waals surface area (Å²) in [7, 11) is 0. The first-order chi connectivity index (χ1) is 14.3. The summed E-state index contributed by atoms with van der Waals surface area (Å²) in [5.41, 5.74) is 1.41. The Morgan fingerprint density at radius 3 is 2.47 bits per heavy atom. The first-order valence-electron chi connectivity index (χ1n) is 8.93. The molecule has 0 saturated carbocycles. The van der Waals surface area contributed by atoms with Crippen molar-refractivity contribution < 1.29 is 13.2 Å². The lowest BCUT2D eigenvalue weighted by Crippen LogP contribution is -2.08. The van der Waals surface area contributed by atoms with Crippen LogP contribution in [0.3, 0.4) is 0 Å². The molecule has 3 aromatic carbocycles. The first-order valence-corrected chi connectivity index (χ1v) is 9.69. The molecule has 8 heteroatoms. The molecule has 1 heterocycles. The maximum atomic E-state index is 13.3. The zero-order chi connectivity index (χ0) is 21.3. The molecule has 1 N–H and O–H groups in total. The summed E-state index contributed by atoms with van der Waals surface area (Å²) in [4.78, 5) is 8.57. The quantitative estimate of drug-likeness (QED) is 0.358. The highest BCUT2D eigenvalue weighted by atomic mass is 35.5. The van der Waals surface area contributed by atoms with Crippen molar-refractivity contribution in [1.29, 1.82) is 0 Å². The van der Waals surface area contributed by atoms with E-state index < -0.39 is 11.7 Å². The van der Waals surface area contributed by atoms with E-state index in [-0.39, 0.29) is 11.4 Å². The molecule has 4 rings (SSSR count). The number of anilines is 1. The molecule has 0 radical (unpaired) electrons. The lowest BCUT2D eigenvalue weighted by molar-refractivity contribution is -0.137. The molecule has 0 aliphatic heterocycles. The van der Waals surface area contributed by atoms with Gasteiger partial charge >= 0.3 is 6.18 Å². The van der Waals surface area contributed by atoms with Gasteiger partial charge in [0.05, 0.1) is 21.1 Å². The van der Waals surface area contributed by atoms with Crippen molar-refractivity contribution in [3.8, 4) is 11.4 Å². The van der Waals surface area contributed by atoms with E-state index in [0.29, 0.717) is 27.5 Å². The zero-order valence-corrected chi connectivity index (χ0v) is 16.9. The maximum Gasteiger partial charge on any atom is 0.417 e. The van der Waals surface area contributed by atoms with Gasteiger partial charge in [0.1, 0.15) is 0 Å². The number of hydrogen-bond donors (Lipinski definition) is 1. The van der Waals surface area contributed by atoms with Crippen molar-refractivity contribution in [1.82, 2.24) is 9.97 Å². The maximum absolute atomic E-state index is 13.3. The second-order valence-corrected chi connectivity index (χ2v) is 7.39. The fraction of sp³-hybridized carbons (Fsp3) is 0.0909. The van der Waals surface area contributed by atoms with Gasteiger partial charge in [0, 0.05) is 29.4 Å². The lowest BCUT2D eigenvalue weighted by atomic mass is 10.1. The molecule has 0 spiro atoms. The van der Waals surface area contributed by atoms with E-state index in [9.17, 15) is 13.2 Å². The van der Waals surface area contributed by atoms with Crippen LogP contribution < -0.4 is 5.32 Å². The standard InChI is InChI=1S/C22H14Cl2F3N3/c23-17-9-8-13(10-18(17)24)11-28-19-6-3-7-20-15(19)12-29-21(30-20)14-4-1-2-5-16(14)22(25,26)27/h1-10,12,28H,11H2. The Morgan fingerprint density at radius 1 is 0.900 bits per heavy atom. The summed E-state index contributed by atoms with van der Waals surface area (Å²) in [5, 5.41) is 4.92. The largest absolute Gasteiger partial charge is 0.417 e. The lowest BCUT2D eigenvalue weighted by Gasteiger charge is -2.13. The number of nitrogens with zero attached hydrogens (tertiary/aromatic N) is 2. The summed E-state index contributed by atoms with van der Waals surface area (Å²) < 4.78 is 40.0. The molecule has 0 aliphatic rings. The number of alkyl halides is 3. The third-order valence-electron chi connectivity index (χ3n) is 4.57. The predicted octanol–water partition coefficient (Wildman–Crippen LogP) is 7.23. The van der Waals surface area contributed by atoms with Crippen LogP contribution in [0.25, 0.3) is 22.3 Å². The van der Waals surface area contributed by atoms with Gasteiger partial charge in [-0.2, -0.15) is 13.2 Å². The molecule has 152 valence electrons. The van der Waals surface area contributed by atoms with Crippen LogP contribution in [0.5, 0.6) is 0 Å². The monoisotopic (exact) mass is 447 g/mol. The summed E-state index contributed by atoms with van der Waals surface area (Å²) in [6, 6.07) is 16.0. The summed E-state index contributed by atoms with van der Waals surface area (Å²) in [6.45, 7) is 0.481. The van der Waals surface area contributed by atoms with Gasteiger partial charge in [0.15, 0.2) is 5.82 Å². The Bertz CT molecular complexity index is 1230. The van der Waals surface area contributed by atoms with E-state index >= 15 is 0 Å². The first kappa shape index (κ1) is 20.4. The third kappa shape index (κ3) is 4.20. The second kappa shape index (κ2) is 8.13. The molecule has 3 nitrogen and oxygen atoms in total. The molecule has 0 atom stereocenters. The molecule has 0 amide bonds. The Labute approximate surface area is 180 Å². The number of aromatic nitrogens is 2. The fourth-order valence-electron chi connectivity index (χ4n) is 3.11. The predicted molar refractivity (Wildman–Crippen MR) is 114 cm³/mol. The highest BCUT2D eigenvalue weighted by Crippen LogP contribution is 2.36. The average Bonchev–Trinajstić information content (AvgIpc) is 2.73. The van der Waals surface area contributed by atoms with Crippen molar-refractivity contribution in [2.45, 2.75) is 12.7 Å². The van der Waals surface area contributed by atoms with E-state index in [4.69, 9.17) is 23.2 Å². The average molecular weight is 448 g/mol. The van der Waals surface area contributed by atoms with Crippen molar-refractivity contribution in [3.63, 3.8) is 0 Å². The van der Waals surface area contributed by atoms with E-state index in [0.717, 1.165) is 17.3 Å². The molecule has 0 saturated heterocycles. The number of nitrogens with one attached hydrogen (secondary N) is 1. The van der Waals surface area contributed by atoms with Gasteiger partial charge in [-0.05, 0) is 35.9 Å². The molecular formula is C22H14Cl2F3N3. The Hall–Kier alpha value is -2.83. The smallest absolute Gasteiger partial charge is 0.380 e. The van der Waals surface area contributed by atoms with Crippen molar-refractivity contribution >= 4 is 39.8 Å². The van der Waals surface area contributed by atoms with Gasteiger partial charge in [-0.3, -0.25) is 0 Å². The minimum atomic E-state index is -4.49. The van der Waals surface area contributed by atoms with Crippen LogP contribution in [0.15, 0.2) is 66.9 Å².